The Morgan fingerprint density at radius 2 is 1.87 bits per heavy atom. The summed E-state index contributed by atoms with van der Waals surface area (Å²) in [6.45, 7) is 10.5. The zero-order chi connectivity index (χ0) is 11.3. The van der Waals surface area contributed by atoms with Crippen LogP contribution in [0.1, 0.15) is 32.8 Å². The van der Waals surface area contributed by atoms with Gasteiger partial charge in [-0.15, -0.1) is 6.58 Å². The number of allylic oxidation sites excluding steroid dienone is 2. The molecule has 0 heterocycles. The molecule has 0 spiro atoms. The van der Waals surface area contributed by atoms with E-state index in [0.717, 1.165) is 6.42 Å². The molecule has 0 aliphatic heterocycles. The van der Waals surface area contributed by atoms with Gasteiger partial charge in [0.15, 0.2) is 0 Å². The Morgan fingerprint density at radius 1 is 1.27 bits per heavy atom. The van der Waals surface area contributed by atoms with E-state index in [4.69, 9.17) is 0 Å². The van der Waals surface area contributed by atoms with Crippen LogP contribution in [0.3, 0.4) is 0 Å². The van der Waals surface area contributed by atoms with Crippen molar-refractivity contribution in [2.75, 3.05) is 0 Å². The molecular weight excluding hydrogens is 180 g/mol. The maximum absolute atomic E-state index is 3.96. The van der Waals surface area contributed by atoms with E-state index in [1.807, 2.05) is 6.07 Å². The first kappa shape index (κ1) is 11.8. The molecule has 0 aliphatic rings. The summed E-state index contributed by atoms with van der Waals surface area (Å²) in [7, 11) is 0. The second kappa shape index (κ2) is 4.97. The summed E-state index contributed by atoms with van der Waals surface area (Å²) in [6, 6.07) is 10.4. The monoisotopic (exact) mass is 200 g/mol. The third-order valence-electron chi connectivity index (χ3n) is 2.28. The lowest BCUT2D eigenvalue weighted by Crippen LogP contribution is -2.06. The van der Waals surface area contributed by atoms with Crippen LogP contribution in [0.25, 0.3) is 6.08 Å². The Hall–Kier alpha value is -1.30. The molecule has 0 aromatic heterocycles. The van der Waals surface area contributed by atoms with Crippen LogP contribution in [0.5, 0.6) is 0 Å². The van der Waals surface area contributed by atoms with Crippen molar-refractivity contribution >= 4 is 6.08 Å². The predicted molar refractivity (Wildman–Crippen MR) is 68.7 cm³/mol. The highest BCUT2D eigenvalue weighted by atomic mass is 14.2. The first-order valence-corrected chi connectivity index (χ1v) is 5.38. The van der Waals surface area contributed by atoms with Gasteiger partial charge in [0.1, 0.15) is 0 Å². The van der Waals surface area contributed by atoms with E-state index < -0.39 is 0 Å². The van der Waals surface area contributed by atoms with Crippen LogP contribution in [-0.4, -0.2) is 0 Å². The fourth-order valence-electron chi connectivity index (χ4n) is 1.72. The molecule has 0 nitrogen and oxygen atoms in total. The van der Waals surface area contributed by atoms with Gasteiger partial charge in [0.2, 0.25) is 0 Å². The maximum Gasteiger partial charge on any atom is -0.0135 e. The Balaban J connectivity index is 2.68. The van der Waals surface area contributed by atoms with E-state index in [9.17, 15) is 0 Å². The highest BCUT2D eigenvalue weighted by Crippen LogP contribution is 2.26. The Morgan fingerprint density at radius 3 is 2.40 bits per heavy atom. The third kappa shape index (κ3) is 4.64. The highest BCUT2D eigenvalue weighted by Gasteiger charge is 2.13. The average Bonchev–Trinajstić information content (AvgIpc) is 2.15. The van der Waals surface area contributed by atoms with Crippen molar-refractivity contribution in [3.63, 3.8) is 0 Å². The molecule has 1 rings (SSSR count). The molecule has 0 amide bonds. The van der Waals surface area contributed by atoms with Gasteiger partial charge in [0, 0.05) is 0 Å². The molecule has 15 heavy (non-hydrogen) atoms. The predicted octanol–water partition coefficient (Wildman–Crippen LogP) is 4.69. The quantitative estimate of drug-likeness (QED) is 0.618. The normalized spacial score (nSPS) is 11.9. The molecule has 0 bridgehead atoms. The fourth-order valence-corrected chi connectivity index (χ4v) is 1.72. The number of hydrogen-bond donors (Lipinski definition) is 0. The molecule has 0 aliphatic carbocycles. The van der Waals surface area contributed by atoms with E-state index in [-0.39, 0.29) is 5.41 Å². The summed E-state index contributed by atoms with van der Waals surface area (Å²) < 4.78 is 0. The van der Waals surface area contributed by atoms with Gasteiger partial charge < -0.3 is 0 Å². The fraction of sp³-hybridized carbons (Fsp3) is 0.333. The van der Waals surface area contributed by atoms with Crippen LogP contribution < -0.4 is 0 Å². The second-order valence-electron chi connectivity index (χ2n) is 4.87. The van der Waals surface area contributed by atoms with E-state index in [1.54, 1.807) is 0 Å². The van der Waals surface area contributed by atoms with Crippen LogP contribution in [0.2, 0.25) is 0 Å². The number of hydrogen-bond acceptors (Lipinski definition) is 0. The van der Waals surface area contributed by atoms with E-state index in [2.05, 4.69) is 63.8 Å². The summed E-state index contributed by atoms with van der Waals surface area (Å²) in [6.07, 6.45) is 5.48. The van der Waals surface area contributed by atoms with Crippen LogP contribution in [0.15, 0.2) is 48.6 Å². The van der Waals surface area contributed by atoms with Crippen LogP contribution in [-0.2, 0) is 0 Å². The van der Waals surface area contributed by atoms with Crippen molar-refractivity contribution in [3.8, 4) is 0 Å². The summed E-state index contributed by atoms with van der Waals surface area (Å²) >= 11 is 0. The lowest BCUT2D eigenvalue weighted by molar-refractivity contribution is 0.478. The first-order valence-electron chi connectivity index (χ1n) is 5.38. The molecule has 1 aromatic rings. The highest BCUT2D eigenvalue weighted by molar-refractivity contribution is 5.49. The van der Waals surface area contributed by atoms with E-state index in [1.165, 1.54) is 11.1 Å². The van der Waals surface area contributed by atoms with Gasteiger partial charge in [-0.05, 0) is 24.3 Å². The minimum atomic E-state index is 0.196. The van der Waals surface area contributed by atoms with Crippen LogP contribution in [0.4, 0.5) is 0 Å². The summed E-state index contributed by atoms with van der Waals surface area (Å²) in [5.74, 6) is 0. The average molecular weight is 200 g/mol. The van der Waals surface area contributed by atoms with Gasteiger partial charge in [-0.3, -0.25) is 0 Å². The van der Waals surface area contributed by atoms with Crippen molar-refractivity contribution < 1.29 is 0 Å². The SMILES string of the molecule is C=C(C)CC(C)(C)/C=C/c1ccccc1. The lowest BCUT2D eigenvalue weighted by atomic mass is 9.85. The van der Waals surface area contributed by atoms with Gasteiger partial charge in [-0.2, -0.15) is 0 Å². The molecule has 0 radical (unpaired) electrons. The smallest absolute Gasteiger partial charge is 0.0135 e. The summed E-state index contributed by atoms with van der Waals surface area (Å²) in [5, 5.41) is 0. The molecule has 80 valence electrons. The minimum absolute atomic E-state index is 0.196. The van der Waals surface area contributed by atoms with Gasteiger partial charge in [-0.25, -0.2) is 0 Å². The molecule has 0 atom stereocenters. The molecule has 0 saturated carbocycles. The second-order valence-corrected chi connectivity index (χ2v) is 4.87. The Bertz CT molecular complexity index is 342. The summed E-state index contributed by atoms with van der Waals surface area (Å²) in [5.41, 5.74) is 2.69. The molecule has 0 saturated heterocycles. The zero-order valence-corrected chi connectivity index (χ0v) is 9.96. The Kier molecular flexibility index (Phi) is 3.90. The van der Waals surface area contributed by atoms with Gasteiger partial charge >= 0.3 is 0 Å². The van der Waals surface area contributed by atoms with E-state index >= 15 is 0 Å². The van der Waals surface area contributed by atoms with Crippen molar-refractivity contribution in [1.82, 2.24) is 0 Å². The number of rotatable bonds is 4. The molecule has 0 N–H and O–H groups in total. The molecule has 1 aromatic carbocycles. The van der Waals surface area contributed by atoms with E-state index in [0.29, 0.717) is 0 Å². The first-order chi connectivity index (χ1) is 6.99. The van der Waals surface area contributed by atoms with Gasteiger partial charge in [-0.1, -0.05) is 61.9 Å². The maximum atomic E-state index is 3.96. The molecular formula is C15H20. The minimum Gasteiger partial charge on any atom is -0.100 e. The summed E-state index contributed by atoms with van der Waals surface area (Å²) in [4.78, 5) is 0. The van der Waals surface area contributed by atoms with Crippen LogP contribution >= 0.6 is 0 Å². The molecule has 0 heteroatoms. The topological polar surface area (TPSA) is 0 Å². The third-order valence-corrected chi connectivity index (χ3v) is 2.28. The van der Waals surface area contributed by atoms with Crippen LogP contribution in [0, 0.1) is 5.41 Å². The van der Waals surface area contributed by atoms with Crippen molar-refractivity contribution in [2.24, 2.45) is 5.41 Å². The largest absolute Gasteiger partial charge is 0.100 e. The van der Waals surface area contributed by atoms with Gasteiger partial charge in [0.05, 0.1) is 0 Å². The van der Waals surface area contributed by atoms with Crippen molar-refractivity contribution in [2.45, 2.75) is 27.2 Å². The van der Waals surface area contributed by atoms with Crippen molar-refractivity contribution in [3.05, 3.63) is 54.1 Å². The van der Waals surface area contributed by atoms with Gasteiger partial charge in [0.25, 0.3) is 0 Å². The number of benzene rings is 1. The lowest BCUT2D eigenvalue weighted by Gasteiger charge is -2.20. The molecule has 0 unspecified atom stereocenters. The Labute approximate surface area is 93.3 Å². The van der Waals surface area contributed by atoms with Crippen molar-refractivity contribution in [1.29, 1.82) is 0 Å². The standard InChI is InChI=1S/C15H20/c1-13(2)12-15(3,4)11-10-14-8-6-5-7-9-14/h5-11H,1,12H2,2-4H3/b11-10+. The molecule has 0 fully saturated rings. The zero-order valence-electron chi connectivity index (χ0n) is 9.96.